The molecule has 0 aromatic heterocycles. The van der Waals surface area contributed by atoms with Crippen molar-refractivity contribution < 1.29 is 9.90 Å². The van der Waals surface area contributed by atoms with Crippen LogP contribution < -0.4 is 5.32 Å². The Morgan fingerprint density at radius 2 is 2.05 bits per heavy atom. The molecule has 1 saturated carbocycles. The van der Waals surface area contributed by atoms with Crippen LogP contribution in [0, 0.1) is 0 Å². The summed E-state index contributed by atoms with van der Waals surface area (Å²) in [7, 11) is 0. The van der Waals surface area contributed by atoms with Gasteiger partial charge in [-0.05, 0) is 43.5 Å². The molecule has 2 fully saturated rings. The predicted octanol–water partition coefficient (Wildman–Crippen LogP) is 2.89. The van der Waals surface area contributed by atoms with Gasteiger partial charge in [-0.15, -0.1) is 0 Å². The van der Waals surface area contributed by atoms with E-state index in [9.17, 15) is 9.90 Å². The van der Waals surface area contributed by atoms with E-state index in [1.165, 1.54) is 19.3 Å². The molecule has 3 aliphatic rings. The van der Waals surface area contributed by atoms with Crippen molar-refractivity contribution in [3.05, 3.63) is 28.8 Å². The van der Waals surface area contributed by atoms with Gasteiger partial charge in [0, 0.05) is 23.3 Å². The molecule has 2 N–H and O–H groups in total. The van der Waals surface area contributed by atoms with Crippen molar-refractivity contribution in [1.82, 2.24) is 4.90 Å². The smallest absolute Gasteiger partial charge is 0.277 e. The lowest BCUT2D eigenvalue weighted by Gasteiger charge is -2.32. The molecule has 1 aliphatic carbocycles. The molecule has 118 valence electrons. The van der Waals surface area contributed by atoms with Crippen molar-refractivity contribution in [2.75, 3.05) is 11.9 Å². The summed E-state index contributed by atoms with van der Waals surface area (Å²) in [6, 6.07) is 5.76. The van der Waals surface area contributed by atoms with Gasteiger partial charge in [-0.25, -0.2) is 0 Å². The van der Waals surface area contributed by atoms with Gasteiger partial charge in [0.15, 0.2) is 0 Å². The molecule has 4 nitrogen and oxygen atoms in total. The molecule has 1 aromatic carbocycles. The molecule has 1 saturated heterocycles. The Labute approximate surface area is 135 Å². The quantitative estimate of drug-likeness (QED) is 0.836. The minimum atomic E-state index is -1.54. The summed E-state index contributed by atoms with van der Waals surface area (Å²) in [6.07, 6.45) is 5.66. The Hall–Kier alpha value is -1.26. The van der Waals surface area contributed by atoms with Crippen molar-refractivity contribution in [2.24, 2.45) is 0 Å². The standard InChI is InChI=1S/C17H21ClN2O2/c1-16-10-20(12-5-3-2-4-6-12)15(21)17(16,22)19-14-8-7-11(18)9-13(14)16/h7-9,12,19,22H,2-6,10H2,1H3/t16-,17-/m0/s1. The Morgan fingerprint density at radius 1 is 1.32 bits per heavy atom. The van der Waals surface area contributed by atoms with E-state index in [2.05, 4.69) is 5.32 Å². The van der Waals surface area contributed by atoms with Crippen LogP contribution in [0.25, 0.3) is 0 Å². The number of nitrogens with zero attached hydrogens (tertiary/aromatic N) is 1. The first-order chi connectivity index (χ1) is 10.5. The molecule has 5 heteroatoms. The first kappa shape index (κ1) is 14.3. The van der Waals surface area contributed by atoms with Crippen LogP contribution in [0.4, 0.5) is 5.69 Å². The van der Waals surface area contributed by atoms with Crippen LogP contribution >= 0.6 is 11.6 Å². The maximum atomic E-state index is 12.9. The average Bonchev–Trinajstić information content (AvgIpc) is 2.86. The van der Waals surface area contributed by atoms with Crippen LogP contribution in [0.5, 0.6) is 0 Å². The van der Waals surface area contributed by atoms with Gasteiger partial charge in [0.05, 0.1) is 5.41 Å². The molecule has 0 bridgehead atoms. The summed E-state index contributed by atoms with van der Waals surface area (Å²) in [5.41, 5.74) is -0.445. The second-order valence-electron chi connectivity index (χ2n) is 7.08. The van der Waals surface area contributed by atoms with Gasteiger partial charge in [-0.2, -0.15) is 0 Å². The minimum absolute atomic E-state index is 0.186. The van der Waals surface area contributed by atoms with E-state index < -0.39 is 11.1 Å². The van der Waals surface area contributed by atoms with Crippen LogP contribution in [0.2, 0.25) is 5.02 Å². The van der Waals surface area contributed by atoms with E-state index >= 15 is 0 Å². The molecule has 2 aliphatic heterocycles. The summed E-state index contributed by atoms with van der Waals surface area (Å²) >= 11 is 6.13. The Bertz CT molecular complexity index is 644. The third-order valence-corrected chi connectivity index (χ3v) is 6.00. The molecule has 0 radical (unpaired) electrons. The summed E-state index contributed by atoms with van der Waals surface area (Å²) in [6.45, 7) is 2.51. The first-order valence-electron chi connectivity index (χ1n) is 8.07. The van der Waals surface area contributed by atoms with Crippen LogP contribution in [-0.4, -0.2) is 34.2 Å². The van der Waals surface area contributed by atoms with Crippen molar-refractivity contribution in [3.8, 4) is 0 Å². The summed E-state index contributed by atoms with van der Waals surface area (Å²) in [5, 5.41) is 14.8. The fourth-order valence-corrected chi connectivity index (χ4v) is 4.58. The maximum absolute atomic E-state index is 12.9. The molecular formula is C17H21ClN2O2. The highest BCUT2D eigenvalue weighted by atomic mass is 35.5. The van der Waals surface area contributed by atoms with Gasteiger partial charge < -0.3 is 15.3 Å². The lowest BCUT2D eigenvalue weighted by Crippen LogP contribution is -2.53. The van der Waals surface area contributed by atoms with Gasteiger partial charge >= 0.3 is 0 Å². The lowest BCUT2D eigenvalue weighted by atomic mass is 9.78. The number of amides is 1. The maximum Gasteiger partial charge on any atom is 0.277 e. The third-order valence-electron chi connectivity index (χ3n) is 5.76. The van der Waals surface area contributed by atoms with Crippen molar-refractivity contribution in [1.29, 1.82) is 0 Å². The minimum Gasteiger partial charge on any atom is -0.362 e. The van der Waals surface area contributed by atoms with E-state index in [0.717, 1.165) is 24.1 Å². The average molecular weight is 321 g/mol. The predicted molar refractivity (Wildman–Crippen MR) is 86.0 cm³/mol. The first-order valence-corrected chi connectivity index (χ1v) is 8.45. The van der Waals surface area contributed by atoms with E-state index in [0.29, 0.717) is 11.6 Å². The Morgan fingerprint density at radius 3 is 2.77 bits per heavy atom. The number of hydrogen-bond acceptors (Lipinski definition) is 3. The molecule has 22 heavy (non-hydrogen) atoms. The normalized spacial score (nSPS) is 34.5. The molecule has 2 atom stereocenters. The fraction of sp³-hybridized carbons (Fsp3) is 0.588. The second-order valence-corrected chi connectivity index (χ2v) is 7.52. The van der Waals surface area contributed by atoms with Crippen LogP contribution in [0.1, 0.15) is 44.6 Å². The fourth-order valence-electron chi connectivity index (χ4n) is 4.41. The summed E-state index contributed by atoms with van der Waals surface area (Å²) < 4.78 is 0. The highest BCUT2D eigenvalue weighted by Gasteiger charge is 2.66. The Kier molecular flexibility index (Phi) is 3.01. The van der Waals surface area contributed by atoms with E-state index in [4.69, 9.17) is 11.6 Å². The molecule has 0 spiro atoms. The molecular weight excluding hydrogens is 300 g/mol. The molecule has 4 rings (SSSR count). The molecule has 1 aromatic rings. The van der Waals surface area contributed by atoms with Crippen LogP contribution in [0.15, 0.2) is 18.2 Å². The zero-order valence-corrected chi connectivity index (χ0v) is 13.5. The topological polar surface area (TPSA) is 52.6 Å². The Balaban J connectivity index is 1.74. The number of nitrogens with one attached hydrogen (secondary N) is 1. The number of anilines is 1. The van der Waals surface area contributed by atoms with E-state index in [1.807, 2.05) is 24.0 Å². The number of carbonyl (C=O) groups is 1. The SMILES string of the molecule is C[C@@]12CN(C3CCCCC3)C(=O)[C@@]1(O)Nc1ccc(Cl)cc12. The van der Waals surface area contributed by atoms with Gasteiger partial charge in [0.1, 0.15) is 0 Å². The summed E-state index contributed by atoms with van der Waals surface area (Å²) in [4.78, 5) is 14.8. The zero-order chi connectivity index (χ0) is 15.5. The van der Waals surface area contributed by atoms with Crippen molar-refractivity contribution >= 4 is 23.2 Å². The highest BCUT2D eigenvalue weighted by Crippen LogP contribution is 2.52. The highest BCUT2D eigenvalue weighted by molar-refractivity contribution is 6.30. The molecule has 1 amide bonds. The van der Waals surface area contributed by atoms with Gasteiger partial charge in [0.2, 0.25) is 5.72 Å². The van der Waals surface area contributed by atoms with Crippen molar-refractivity contribution in [2.45, 2.75) is 56.2 Å². The van der Waals surface area contributed by atoms with Gasteiger partial charge in [0.25, 0.3) is 5.91 Å². The number of aliphatic hydroxyl groups is 1. The van der Waals surface area contributed by atoms with Gasteiger partial charge in [-0.1, -0.05) is 30.9 Å². The number of halogens is 1. The number of likely N-dealkylation sites (tertiary alicyclic amines) is 1. The largest absolute Gasteiger partial charge is 0.362 e. The van der Waals surface area contributed by atoms with Crippen LogP contribution in [-0.2, 0) is 10.2 Å². The zero-order valence-electron chi connectivity index (χ0n) is 12.7. The number of carbonyl (C=O) groups excluding carboxylic acids is 1. The van der Waals surface area contributed by atoms with E-state index in [1.54, 1.807) is 6.07 Å². The number of rotatable bonds is 1. The van der Waals surface area contributed by atoms with Crippen LogP contribution in [0.3, 0.4) is 0 Å². The number of benzene rings is 1. The monoisotopic (exact) mass is 320 g/mol. The molecule has 2 heterocycles. The van der Waals surface area contributed by atoms with Crippen molar-refractivity contribution in [3.63, 3.8) is 0 Å². The van der Waals surface area contributed by atoms with E-state index in [-0.39, 0.29) is 11.9 Å². The number of fused-ring (bicyclic) bond motifs is 3. The van der Waals surface area contributed by atoms with Gasteiger partial charge in [-0.3, -0.25) is 4.79 Å². The second kappa shape index (κ2) is 4.62. The molecule has 0 unspecified atom stereocenters. The third kappa shape index (κ3) is 1.71. The summed E-state index contributed by atoms with van der Waals surface area (Å²) in [5.74, 6) is -0.186. The number of hydrogen-bond donors (Lipinski definition) is 2. The lowest BCUT2D eigenvalue weighted by molar-refractivity contribution is -0.144.